The Morgan fingerprint density at radius 3 is 2.54 bits per heavy atom. The maximum atomic E-state index is 12.4. The molecule has 0 bridgehead atoms. The van der Waals surface area contributed by atoms with Crippen molar-refractivity contribution in [2.45, 2.75) is 26.2 Å². The number of amides is 1. The van der Waals surface area contributed by atoms with Gasteiger partial charge in [0.15, 0.2) is 0 Å². The van der Waals surface area contributed by atoms with E-state index in [0.717, 1.165) is 28.4 Å². The van der Waals surface area contributed by atoms with Gasteiger partial charge in [0, 0.05) is 5.39 Å². The Morgan fingerprint density at radius 1 is 1.00 bits per heavy atom. The van der Waals surface area contributed by atoms with Crippen LogP contribution in [0.15, 0.2) is 66.7 Å². The predicted molar refractivity (Wildman–Crippen MR) is 98.7 cm³/mol. The molecule has 0 radical (unpaired) electrons. The zero-order valence-corrected chi connectivity index (χ0v) is 14.0. The molecule has 1 amide bonds. The molecule has 3 heteroatoms. The van der Waals surface area contributed by atoms with E-state index in [0.29, 0.717) is 11.7 Å². The molecular weight excluding hydrogens is 298 g/mol. The summed E-state index contributed by atoms with van der Waals surface area (Å²) in [6, 6.07) is 21.5. The number of carbonyl (C=O) groups excluding carboxylic acids is 1. The summed E-state index contributed by atoms with van der Waals surface area (Å²) in [5, 5.41) is 4.93. The van der Waals surface area contributed by atoms with Gasteiger partial charge in [0.1, 0.15) is 5.75 Å². The molecule has 0 saturated heterocycles. The first kappa shape index (κ1) is 16.1. The topological polar surface area (TPSA) is 38.3 Å². The molecule has 3 aromatic carbocycles. The van der Waals surface area contributed by atoms with E-state index in [9.17, 15) is 4.79 Å². The summed E-state index contributed by atoms with van der Waals surface area (Å²) in [4.78, 5) is 12.4. The van der Waals surface area contributed by atoms with Crippen LogP contribution < -0.4 is 10.1 Å². The van der Waals surface area contributed by atoms with Crippen LogP contribution in [0.2, 0.25) is 0 Å². The lowest BCUT2D eigenvalue weighted by Gasteiger charge is -2.15. The molecule has 3 rings (SSSR count). The SMILES string of the molecule is CC[C@@H](C)c1ccccc1OC(=O)Nc1cccc2ccccc12. The molecule has 24 heavy (non-hydrogen) atoms. The molecular formula is C21H21NO2. The van der Waals surface area contributed by atoms with Gasteiger partial charge in [0.25, 0.3) is 0 Å². The van der Waals surface area contributed by atoms with Gasteiger partial charge in [-0.1, -0.05) is 68.4 Å². The standard InChI is InChI=1S/C21H21NO2/c1-3-15(2)17-11-6-7-14-20(17)24-21(23)22-19-13-8-10-16-9-4-5-12-18(16)19/h4-15H,3H2,1-2H3,(H,22,23)/t15-/m1/s1. The fourth-order valence-corrected chi connectivity index (χ4v) is 2.77. The average Bonchev–Trinajstić information content (AvgIpc) is 2.62. The lowest BCUT2D eigenvalue weighted by Crippen LogP contribution is -2.18. The fraction of sp³-hybridized carbons (Fsp3) is 0.190. The number of fused-ring (bicyclic) bond motifs is 1. The minimum Gasteiger partial charge on any atom is -0.410 e. The highest BCUT2D eigenvalue weighted by atomic mass is 16.6. The molecule has 3 nitrogen and oxygen atoms in total. The smallest absolute Gasteiger partial charge is 0.410 e. The van der Waals surface area contributed by atoms with Gasteiger partial charge in [-0.25, -0.2) is 4.79 Å². The maximum absolute atomic E-state index is 12.4. The first-order valence-corrected chi connectivity index (χ1v) is 8.24. The largest absolute Gasteiger partial charge is 0.417 e. The quantitative estimate of drug-likeness (QED) is 0.644. The van der Waals surface area contributed by atoms with Crippen LogP contribution in [0.3, 0.4) is 0 Å². The van der Waals surface area contributed by atoms with E-state index >= 15 is 0 Å². The van der Waals surface area contributed by atoms with Crippen molar-refractivity contribution in [1.29, 1.82) is 0 Å². The first-order chi connectivity index (χ1) is 11.7. The summed E-state index contributed by atoms with van der Waals surface area (Å²) >= 11 is 0. The van der Waals surface area contributed by atoms with Crippen molar-refractivity contribution in [3.8, 4) is 5.75 Å². The van der Waals surface area contributed by atoms with Crippen LogP contribution in [0.25, 0.3) is 10.8 Å². The lowest BCUT2D eigenvalue weighted by atomic mass is 9.98. The van der Waals surface area contributed by atoms with Gasteiger partial charge < -0.3 is 4.74 Å². The fourth-order valence-electron chi connectivity index (χ4n) is 2.77. The molecule has 0 fully saturated rings. The summed E-state index contributed by atoms with van der Waals surface area (Å²) in [6.45, 7) is 4.25. The minimum atomic E-state index is -0.470. The zero-order valence-electron chi connectivity index (χ0n) is 14.0. The number of benzene rings is 3. The number of carbonyl (C=O) groups is 1. The van der Waals surface area contributed by atoms with Crippen molar-refractivity contribution in [3.63, 3.8) is 0 Å². The van der Waals surface area contributed by atoms with E-state index in [2.05, 4.69) is 19.2 Å². The van der Waals surface area contributed by atoms with E-state index in [-0.39, 0.29) is 0 Å². The Hall–Kier alpha value is -2.81. The lowest BCUT2D eigenvalue weighted by molar-refractivity contribution is 0.214. The second-order valence-corrected chi connectivity index (χ2v) is 5.89. The van der Waals surface area contributed by atoms with E-state index in [1.54, 1.807) is 0 Å². The van der Waals surface area contributed by atoms with Crippen LogP contribution in [-0.2, 0) is 0 Å². The number of nitrogens with one attached hydrogen (secondary N) is 1. The van der Waals surface area contributed by atoms with Crippen molar-refractivity contribution in [2.75, 3.05) is 5.32 Å². The number of hydrogen-bond donors (Lipinski definition) is 1. The Balaban J connectivity index is 1.81. The van der Waals surface area contributed by atoms with Crippen LogP contribution in [0.5, 0.6) is 5.75 Å². The Bertz CT molecular complexity index is 852. The molecule has 0 spiro atoms. The number of rotatable bonds is 4. The first-order valence-electron chi connectivity index (χ1n) is 8.24. The van der Waals surface area contributed by atoms with Gasteiger partial charge >= 0.3 is 6.09 Å². The Morgan fingerprint density at radius 2 is 1.71 bits per heavy atom. The van der Waals surface area contributed by atoms with Crippen molar-refractivity contribution in [1.82, 2.24) is 0 Å². The highest BCUT2D eigenvalue weighted by Gasteiger charge is 2.13. The van der Waals surface area contributed by atoms with Gasteiger partial charge in [0.05, 0.1) is 5.69 Å². The summed E-state index contributed by atoms with van der Waals surface area (Å²) < 4.78 is 5.57. The highest BCUT2D eigenvalue weighted by Crippen LogP contribution is 2.29. The maximum Gasteiger partial charge on any atom is 0.417 e. The Labute approximate surface area is 142 Å². The molecule has 0 heterocycles. The molecule has 0 aliphatic carbocycles. The third kappa shape index (κ3) is 3.40. The molecule has 0 aromatic heterocycles. The number of para-hydroxylation sites is 1. The summed E-state index contributed by atoms with van der Waals surface area (Å²) in [6.07, 6.45) is 0.521. The van der Waals surface area contributed by atoms with Gasteiger partial charge in [-0.2, -0.15) is 0 Å². The minimum absolute atomic E-state index is 0.339. The van der Waals surface area contributed by atoms with E-state index in [1.165, 1.54) is 0 Å². The van der Waals surface area contributed by atoms with Crippen LogP contribution in [0, 0.1) is 0 Å². The van der Waals surface area contributed by atoms with Gasteiger partial charge in [-0.05, 0) is 35.4 Å². The number of ether oxygens (including phenoxy) is 1. The van der Waals surface area contributed by atoms with Gasteiger partial charge in [-0.3, -0.25) is 5.32 Å². The van der Waals surface area contributed by atoms with Gasteiger partial charge in [-0.15, -0.1) is 0 Å². The average molecular weight is 319 g/mol. The van der Waals surface area contributed by atoms with Crippen LogP contribution in [0.4, 0.5) is 10.5 Å². The predicted octanol–water partition coefficient (Wildman–Crippen LogP) is 5.96. The van der Waals surface area contributed by atoms with E-state index in [1.807, 2.05) is 66.7 Å². The number of anilines is 1. The highest BCUT2D eigenvalue weighted by molar-refractivity contribution is 6.00. The molecule has 0 saturated carbocycles. The van der Waals surface area contributed by atoms with Crippen LogP contribution in [0.1, 0.15) is 31.7 Å². The Kier molecular flexibility index (Phi) is 4.80. The zero-order chi connectivity index (χ0) is 16.9. The van der Waals surface area contributed by atoms with Crippen molar-refractivity contribution >= 4 is 22.6 Å². The van der Waals surface area contributed by atoms with E-state index < -0.39 is 6.09 Å². The molecule has 3 aromatic rings. The van der Waals surface area contributed by atoms with Crippen molar-refractivity contribution in [3.05, 3.63) is 72.3 Å². The third-order valence-electron chi connectivity index (χ3n) is 4.29. The third-order valence-corrected chi connectivity index (χ3v) is 4.29. The molecule has 0 aliphatic rings. The molecule has 1 atom stereocenters. The molecule has 0 aliphatic heterocycles. The van der Waals surface area contributed by atoms with Crippen LogP contribution in [-0.4, -0.2) is 6.09 Å². The van der Waals surface area contributed by atoms with Crippen molar-refractivity contribution in [2.24, 2.45) is 0 Å². The summed E-state index contributed by atoms with van der Waals surface area (Å²) in [5.74, 6) is 0.955. The number of hydrogen-bond acceptors (Lipinski definition) is 2. The van der Waals surface area contributed by atoms with Crippen molar-refractivity contribution < 1.29 is 9.53 Å². The van der Waals surface area contributed by atoms with Gasteiger partial charge in [0.2, 0.25) is 0 Å². The normalized spacial score (nSPS) is 11.9. The molecule has 122 valence electrons. The second-order valence-electron chi connectivity index (χ2n) is 5.89. The monoisotopic (exact) mass is 319 g/mol. The summed E-state index contributed by atoms with van der Waals surface area (Å²) in [5.41, 5.74) is 1.80. The molecule has 0 unspecified atom stereocenters. The molecule has 1 N–H and O–H groups in total. The van der Waals surface area contributed by atoms with E-state index in [4.69, 9.17) is 4.74 Å². The summed E-state index contributed by atoms with van der Waals surface area (Å²) in [7, 11) is 0. The second kappa shape index (κ2) is 7.18. The van der Waals surface area contributed by atoms with Crippen LogP contribution >= 0.6 is 0 Å².